The van der Waals surface area contributed by atoms with Crippen molar-refractivity contribution >= 4 is 20.1 Å². The molecule has 0 aromatic heterocycles. The van der Waals surface area contributed by atoms with Crippen molar-refractivity contribution in [1.82, 2.24) is 5.32 Å². The first-order valence-corrected chi connectivity index (χ1v) is 10.5. The number of carboxylic acid groups (broad SMARTS) is 1. The molecule has 0 aliphatic heterocycles. The smallest absolute Gasteiger partial charge is 0.408 e. The molecule has 0 rings (SSSR count). The molecule has 0 saturated heterocycles. The molecule has 1 atom stereocenters. The van der Waals surface area contributed by atoms with Gasteiger partial charge in [-0.05, 0) is 27.2 Å². The maximum absolute atomic E-state index is 11.8. The van der Waals surface area contributed by atoms with Crippen LogP contribution in [0.15, 0.2) is 0 Å². The largest absolute Gasteiger partial charge is 0.479 e. The molecule has 0 fully saturated rings. The average molecular weight is 304 g/mol. The van der Waals surface area contributed by atoms with E-state index in [2.05, 4.69) is 25.0 Å². The van der Waals surface area contributed by atoms with Gasteiger partial charge in [-0.15, -0.1) is 0 Å². The van der Waals surface area contributed by atoms with Gasteiger partial charge in [-0.1, -0.05) is 25.7 Å². The molecule has 0 aromatic rings. The summed E-state index contributed by atoms with van der Waals surface area (Å²) >= 11 is 0. The van der Waals surface area contributed by atoms with E-state index in [9.17, 15) is 14.7 Å². The fourth-order valence-corrected chi connectivity index (χ4v) is 2.73. The predicted octanol–water partition coefficient (Wildman–Crippen LogP) is 2.02. The molecule has 0 heterocycles. The van der Waals surface area contributed by atoms with Gasteiger partial charge in [0.15, 0.2) is 5.54 Å². The van der Waals surface area contributed by atoms with Crippen molar-refractivity contribution in [3.63, 3.8) is 0 Å². The average Bonchev–Trinajstić information content (AvgIpc) is 2.19. The lowest BCUT2D eigenvalue weighted by atomic mass is 9.96. The quantitative estimate of drug-likeness (QED) is 0.652. The molecule has 4 N–H and O–H groups in total. The number of carbonyl (C=O) groups excluding carboxylic acids is 1. The van der Waals surface area contributed by atoms with E-state index < -0.39 is 31.3 Å². The van der Waals surface area contributed by atoms with Crippen LogP contribution >= 0.6 is 0 Å². The molecule has 118 valence electrons. The lowest BCUT2D eigenvalue weighted by Crippen LogP contribution is -2.60. The summed E-state index contributed by atoms with van der Waals surface area (Å²) in [4.78, 5) is 23.4. The van der Waals surface area contributed by atoms with Gasteiger partial charge in [-0.3, -0.25) is 0 Å². The summed E-state index contributed by atoms with van der Waals surface area (Å²) in [5, 5.41) is 11.9. The number of nitrogens with two attached hydrogens (primary N) is 1. The van der Waals surface area contributed by atoms with Gasteiger partial charge in [-0.25, -0.2) is 9.59 Å². The number of hydrogen-bond donors (Lipinski definition) is 3. The maximum atomic E-state index is 11.8. The first-order chi connectivity index (χ1) is 8.81. The highest BCUT2D eigenvalue weighted by atomic mass is 28.3. The standard InChI is InChI=1S/C13H28N2O4Si/c1-12(2,3)19-11(18)15-13(9-14,10(16)17)7-8-20(4,5)6/h7-9,14H2,1-6H3,(H,15,18)(H,16,17)/t13-/m1/s1. The molecule has 0 aromatic carbocycles. The van der Waals surface area contributed by atoms with Gasteiger partial charge >= 0.3 is 12.1 Å². The van der Waals surface area contributed by atoms with Crippen LogP contribution in [0.4, 0.5) is 4.79 Å². The topological polar surface area (TPSA) is 102 Å². The van der Waals surface area contributed by atoms with Crippen LogP contribution in [0.2, 0.25) is 25.7 Å². The molecule has 6 nitrogen and oxygen atoms in total. The Morgan fingerprint density at radius 3 is 2.05 bits per heavy atom. The molecule has 0 unspecified atom stereocenters. The van der Waals surface area contributed by atoms with Crippen LogP contribution in [-0.2, 0) is 9.53 Å². The molecule has 0 saturated carbocycles. The number of carboxylic acids is 1. The summed E-state index contributed by atoms with van der Waals surface area (Å²) in [6, 6.07) is 0.756. The van der Waals surface area contributed by atoms with Crippen LogP contribution in [0, 0.1) is 0 Å². The normalized spacial score (nSPS) is 15.3. The van der Waals surface area contributed by atoms with E-state index in [0.29, 0.717) is 6.42 Å². The fourth-order valence-electron chi connectivity index (χ4n) is 1.55. The highest BCUT2D eigenvalue weighted by molar-refractivity contribution is 6.76. The van der Waals surface area contributed by atoms with E-state index in [4.69, 9.17) is 10.5 Å². The van der Waals surface area contributed by atoms with Gasteiger partial charge < -0.3 is 20.9 Å². The summed E-state index contributed by atoms with van der Waals surface area (Å²) in [5.74, 6) is -1.12. The minimum absolute atomic E-state index is 0.161. The van der Waals surface area contributed by atoms with E-state index in [1.54, 1.807) is 20.8 Å². The van der Waals surface area contributed by atoms with Crippen molar-refractivity contribution in [3.8, 4) is 0 Å². The zero-order valence-electron chi connectivity index (χ0n) is 13.4. The van der Waals surface area contributed by atoms with Gasteiger partial charge in [-0.2, -0.15) is 0 Å². The third kappa shape index (κ3) is 6.90. The highest BCUT2D eigenvalue weighted by Crippen LogP contribution is 2.21. The number of aliphatic carboxylic acids is 1. The second kappa shape index (κ2) is 6.58. The Kier molecular flexibility index (Phi) is 6.22. The lowest BCUT2D eigenvalue weighted by Gasteiger charge is -2.32. The van der Waals surface area contributed by atoms with Crippen molar-refractivity contribution in [2.75, 3.05) is 6.54 Å². The van der Waals surface area contributed by atoms with Crippen LogP contribution in [0.1, 0.15) is 27.2 Å². The second-order valence-corrected chi connectivity index (χ2v) is 12.9. The number of amides is 1. The van der Waals surface area contributed by atoms with Crippen molar-refractivity contribution in [2.45, 2.75) is 64.0 Å². The number of alkyl carbamates (subject to hydrolysis) is 1. The zero-order chi connectivity index (χ0) is 16.2. The molecular weight excluding hydrogens is 276 g/mol. The Bertz CT molecular complexity index is 360. The SMILES string of the molecule is CC(C)(C)OC(=O)N[C@@](CN)(CC[Si](C)(C)C)C(=O)O. The molecule has 0 aliphatic carbocycles. The number of nitrogens with one attached hydrogen (secondary N) is 1. The Labute approximate surface area is 122 Å². The number of hydrogen-bond acceptors (Lipinski definition) is 4. The monoisotopic (exact) mass is 304 g/mol. The molecular formula is C13H28N2O4Si. The Hall–Kier alpha value is -1.08. The van der Waals surface area contributed by atoms with Gasteiger partial charge in [0.2, 0.25) is 0 Å². The van der Waals surface area contributed by atoms with Gasteiger partial charge in [0, 0.05) is 14.6 Å². The van der Waals surface area contributed by atoms with Crippen LogP contribution in [-0.4, -0.2) is 42.9 Å². The third-order valence-corrected chi connectivity index (χ3v) is 4.55. The van der Waals surface area contributed by atoms with Crippen LogP contribution in [0.3, 0.4) is 0 Å². The van der Waals surface area contributed by atoms with Crippen molar-refractivity contribution in [2.24, 2.45) is 5.73 Å². The Morgan fingerprint density at radius 2 is 1.75 bits per heavy atom. The molecule has 0 spiro atoms. The van der Waals surface area contributed by atoms with Crippen molar-refractivity contribution in [1.29, 1.82) is 0 Å². The minimum Gasteiger partial charge on any atom is -0.479 e. The van der Waals surface area contributed by atoms with E-state index >= 15 is 0 Å². The molecule has 0 aliphatic rings. The maximum Gasteiger partial charge on any atom is 0.408 e. The van der Waals surface area contributed by atoms with E-state index in [1.807, 2.05) is 0 Å². The van der Waals surface area contributed by atoms with E-state index in [-0.39, 0.29) is 6.54 Å². The Morgan fingerprint density at radius 1 is 1.25 bits per heavy atom. The fraction of sp³-hybridized carbons (Fsp3) is 0.846. The van der Waals surface area contributed by atoms with Gasteiger partial charge in [0.25, 0.3) is 0 Å². The lowest BCUT2D eigenvalue weighted by molar-refractivity contribution is -0.144. The molecule has 7 heteroatoms. The number of carbonyl (C=O) groups is 2. The minimum atomic E-state index is -1.46. The first kappa shape index (κ1) is 18.9. The summed E-state index contributed by atoms with van der Waals surface area (Å²) in [6.07, 6.45) is -0.436. The van der Waals surface area contributed by atoms with Gasteiger partial charge in [0.05, 0.1) is 0 Å². The van der Waals surface area contributed by atoms with Crippen LogP contribution < -0.4 is 11.1 Å². The number of ether oxygens (including phenoxy) is 1. The highest BCUT2D eigenvalue weighted by Gasteiger charge is 2.40. The second-order valence-electron chi connectivity index (χ2n) is 7.28. The van der Waals surface area contributed by atoms with E-state index in [1.165, 1.54) is 0 Å². The van der Waals surface area contributed by atoms with Crippen molar-refractivity contribution in [3.05, 3.63) is 0 Å². The van der Waals surface area contributed by atoms with E-state index in [0.717, 1.165) is 6.04 Å². The molecule has 1 amide bonds. The van der Waals surface area contributed by atoms with Crippen molar-refractivity contribution < 1.29 is 19.4 Å². The molecule has 0 bridgehead atoms. The summed E-state index contributed by atoms with van der Waals surface area (Å²) < 4.78 is 5.12. The number of rotatable bonds is 6. The summed E-state index contributed by atoms with van der Waals surface area (Å²) in [6.45, 7) is 11.4. The Balaban J connectivity index is 4.96. The van der Waals surface area contributed by atoms with Crippen LogP contribution in [0.5, 0.6) is 0 Å². The first-order valence-electron chi connectivity index (χ1n) is 6.76. The summed E-state index contributed by atoms with van der Waals surface area (Å²) in [5.41, 5.74) is 3.48. The molecule has 0 radical (unpaired) electrons. The third-order valence-electron chi connectivity index (χ3n) is 2.80. The zero-order valence-corrected chi connectivity index (χ0v) is 14.4. The van der Waals surface area contributed by atoms with Crippen LogP contribution in [0.25, 0.3) is 0 Å². The predicted molar refractivity (Wildman–Crippen MR) is 81.6 cm³/mol. The van der Waals surface area contributed by atoms with Gasteiger partial charge in [0.1, 0.15) is 5.60 Å². The molecule has 20 heavy (non-hydrogen) atoms. The summed E-state index contributed by atoms with van der Waals surface area (Å²) in [7, 11) is -1.44.